The van der Waals surface area contributed by atoms with Crippen LogP contribution in [-0.4, -0.2) is 28.5 Å². The number of nitrogens with one attached hydrogen (secondary N) is 1. The van der Waals surface area contributed by atoms with Gasteiger partial charge in [0.2, 0.25) is 0 Å². The minimum Gasteiger partial charge on any atom is -0.508 e. The van der Waals surface area contributed by atoms with Crippen LogP contribution in [0.1, 0.15) is 37.9 Å². The molecule has 0 aliphatic carbocycles. The first-order valence-electron chi connectivity index (χ1n) is 8.98. The molecule has 3 aromatic rings. The number of amides is 2. The van der Waals surface area contributed by atoms with Crippen molar-refractivity contribution in [1.29, 1.82) is 0 Å². The van der Waals surface area contributed by atoms with E-state index in [9.17, 15) is 14.7 Å². The molecule has 2 amide bonds. The first-order valence-corrected chi connectivity index (χ1v) is 10.7. The number of thiophene rings is 1. The number of phenolic OH excluding ortho intramolecular Hbond substituents is 1. The third-order valence-electron chi connectivity index (χ3n) is 4.34. The second-order valence-corrected chi connectivity index (χ2v) is 8.28. The molecular weight excluding hydrogens is 408 g/mol. The molecule has 1 aliphatic rings. The molecule has 1 unspecified atom stereocenters. The van der Waals surface area contributed by atoms with Crippen LogP contribution in [0.2, 0.25) is 0 Å². The molecule has 2 aromatic carbocycles. The molecule has 0 saturated carbocycles. The number of fused-ring (bicyclic) bond motifs is 1. The molecule has 2 heterocycles. The molecular formula is C21H18N2O4S2. The normalized spacial score (nSPS) is 15.7. The SMILES string of the molecule is CCOc1cc(O)ccc1C1Sc2ccccc2C(=O)N1NC(=O)c1cccs1. The van der Waals surface area contributed by atoms with Crippen molar-refractivity contribution in [2.45, 2.75) is 17.2 Å². The molecule has 1 aromatic heterocycles. The van der Waals surface area contributed by atoms with Crippen molar-refractivity contribution in [1.82, 2.24) is 10.4 Å². The number of hydrogen-bond acceptors (Lipinski definition) is 6. The van der Waals surface area contributed by atoms with Crippen molar-refractivity contribution in [3.05, 3.63) is 76.0 Å². The number of ether oxygens (including phenoxy) is 1. The monoisotopic (exact) mass is 426 g/mol. The van der Waals surface area contributed by atoms with E-state index in [-0.39, 0.29) is 17.6 Å². The molecule has 0 fully saturated rings. The minimum absolute atomic E-state index is 0.0684. The molecule has 0 spiro atoms. The Morgan fingerprint density at radius 2 is 2.03 bits per heavy atom. The van der Waals surface area contributed by atoms with Crippen LogP contribution in [0.3, 0.4) is 0 Å². The van der Waals surface area contributed by atoms with E-state index >= 15 is 0 Å². The number of phenols is 1. The zero-order chi connectivity index (χ0) is 20.4. The summed E-state index contributed by atoms with van der Waals surface area (Å²) in [4.78, 5) is 27.3. The second kappa shape index (κ2) is 8.18. The molecule has 29 heavy (non-hydrogen) atoms. The zero-order valence-electron chi connectivity index (χ0n) is 15.5. The number of hydrogen-bond donors (Lipinski definition) is 2. The average Bonchev–Trinajstić information content (AvgIpc) is 3.26. The van der Waals surface area contributed by atoms with Crippen LogP contribution in [0.5, 0.6) is 11.5 Å². The van der Waals surface area contributed by atoms with Crippen LogP contribution >= 0.6 is 23.1 Å². The lowest BCUT2D eigenvalue weighted by Gasteiger charge is -2.36. The minimum atomic E-state index is -0.552. The first-order chi connectivity index (χ1) is 14.1. The molecule has 4 rings (SSSR count). The van der Waals surface area contributed by atoms with Gasteiger partial charge >= 0.3 is 0 Å². The molecule has 1 atom stereocenters. The highest BCUT2D eigenvalue weighted by Gasteiger charge is 2.37. The fourth-order valence-corrected chi connectivity index (χ4v) is 4.92. The van der Waals surface area contributed by atoms with E-state index in [0.717, 1.165) is 4.90 Å². The lowest BCUT2D eigenvalue weighted by Crippen LogP contribution is -2.49. The third kappa shape index (κ3) is 3.81. The summed E-state index contributed by atoms with van der Waals surface area (Å²) in [6.07, 6.45) is 0. The van der Waals surface area contributed by atoms with Crippen molar-refractivity contribution in [2.24, 2.45) is 0 Å². The molecule has 148 valence electrons. The van der Waals surface area contributed by atoms with Crippen molar-refractivity contribution >= 4 is 34.9 Å². The second-order valence-electron chi connectivity index (χ2n) is 6.21. The number of nitrogens with zero attached hydrogens (tertiary/aromatic N) is 1. The Morgan fingerprint density at radius 1 is 1.21 bits per heavy atom. The maximum Gasteiger partial charge on any atom is 0.279 e. The highest BCUT2D eigenvalue weighted by atomic mass is 32.2. The summed E-state index contributed by atoms with van der Waals surface area (Å²) in [5.41, 5.74) is 3.97. The fourth-order valence-electron chi connectivity index (χ4n) is 3.05. The van der Waals surface area contributed by atoms with E-state index in [1.165, 1.54) is 34.2 Å². The highest BCUT2D eigenvalue weighted by molar-refractivity contribution is 7.99. The van der Waals surface area contributed by atoms with Crippen molar-refractivity contribution < 1.29 is 19.4 Å². The largest absolute Gasteiger partial charge is 0.508 e. The smallest absolute Gasteiger partial charge is 0.279 e. The summed E-state index contributed by atoms with van der Waals surface area (Å²) in [7, 11) is 0. The van der Waals surface area contributed by atoms with E-state index in [1.54, 1.807) is 36.4 Å². The number of thioether (sulfide) groups is 1. The number of carbonyl (C=O) groups excluding carboxylic acids is 2. The summed E-state index contributed by atoms with van der Waals surface area (Å²) < 4.78 is 5.70. The van der Waals surface area contributed by atoms with Gasteiger partial charge in [0, 0.05) is 16.5 Å². The molecule has 1 aliphatic heterocycles. The van der Waals surface area contributed by atoms with Crippen LogP contribution in [-0.2, 0) is 0 Å². The Balaban J connectivity index is 1.77. The van der Waals surface area contributed by atoms with Crippen LogP contribution in [0, 0.1) is 0 Å². The topological polar surface area (TPSA) is 78.9 Å². The van der Waals surface area contributed by atoms with Crippen LogP contribution in [0.4, 0.5) is 0 Å². The van der Waals surface area contributed by atoms with Crippen LogP contribution < -0.4 is 10.2 Å². The van der Waals surface area contributed by atoms with Gasteiger partial charge in [0.05, 0.1) is 17.0 Å². The van der Waals surface area contributed by atoms with Crippen molar-refractivity contribution in [3.63, 3.8) is 0 Å². The van der Waals surface area contributed by atoms with Gasteiger partial charge in [-0.1, -0.05) is 30.0 Å². The van der Waals surface area contributed by atoms with Gasteiger partial charge in [0.15, 0.2) is 0 Å². The van der Waals surface area contributed by atoms with Gasteiger partial charge in [0.25, 0.3) is 11.8 Å². The van der Waals surface area contributed by atoms with E-state index in [1.807, 2.05) is 24.4 Å². The zero-order valence-corrected chi connectivity index (χ0v) is 17.1. The molecule has 0 radical (unpaired) electrons. The maximum atomic E-state index is 13.3. The number of rotatable bonds is 5. The first kappa shape index (κ1) is 19.4. The number of hydrazine groups is 1. The van der Waals surface area contributed by atoms with Gasteiger partial charge in [-0.25, -0.2) is 5.01 Å². The Hall–Kier alpha value is -2.97. The summed E-state index contributed by atoms with van der Waals surface area (Å²) >= 11 is 2.74. The Kier molecular flexibility index (Phi) is 5.46. The van der Waals surface area contributed by atoms with Gasteiger partial charge in [-0.2, -0.15) is 0 Å². The Labute approximate surface area is 176 Å². The van der Waals surface area contributed by atoms with Gasteiger partial charge in [-0.15, -0.1) is 11.3 Å². The summed E-state index contributed by atoms with van der Waals surface area (Å²) in [5, 5.41) is 12.5. The van der Waals surface area contributed by atoms with Crippen LogP contribution in [0.15, 0.2) is 64.9 Å². The summed E-state index contributed by atoms with van der Waals surface area (Å²) in [6.45, 7) is 2.25. The Morgan fingerprint density at radius 3 is 2.79 bits per heavy atom. The molecule has 0 bridgehead atoms. The van der Waals surface area contributed by atoms with Gasteiger partial charge in [-0.3, -0.25) is 15.0 Å². The quantitative estimate of drug-likeness (QED) is 0.630. The molecule has 8 heteroatoms. The molecule has 6 nitrogen and oxygen atoms in total. The van der Waals surface area contributed by atoms with E-state index < -0.39 is 5.37 Å². The summed E-state index contributed by atoms with van der Waals surface area (Å²) in [6, 6.07) is 15.5. The maximum absolute atomic E-state index is 13.3. The van der Waals surface area contributed by atoms with Crippen molar-refractivity contribution in [2.75, 3.05) is 6.61 Å². The van der Waals surface area contributed by atoms with Gasteiger partial charge in [0.1, 0.15) is 16.9 Å². The average molecular weight is 427 g/mol. The lowest BCUT2D eigenvalue weighted by atomic mass is 10.1. The van der Waals surface area contributed by atoms with Crippen LogP contribution in [0.25, 0.3) is 0 Å². The summed E-state index contributed by atoms with van der Waals surface area (Å²) in [5.74, 6) is -0.119. The molecule has 2 N–H and O–H groups in total. The third-order valence-corrected chi connectivity index (χ3v) is 6.51. The number of carbonyl (C=O) groups is 2. The predicted molar refractivity (Wildman–Crippen MR) is 112 cm³/mol. The standard InChI is InChI=1S/C21H18N2O4S2/c1-2-27-16-12-13(24)9-10-14(16)21-23(22-19(25)18-8-5-11-28-18)20(26)15-6-3-4-7-17(15)29-21/h3-12,21,24H,2H2,1H3,(H,22,25). The highest BCUT2D eigenvalue weighted by Crippen LogP contribution is 2.47. The van der Waals surface area contributed by atoms with Crippen molar-refractivity contribution in [3.8, 4) is 11.5 Å². The van der Waals surface area contributed by atoms with Gasteiger partial charge < -0.3 is 9.84 Å². The predicted octanol–water partition coefficient (Wildman–Crippen LogP) is 4.44. The number of benzene rings is 2. The van der Waals surface area contributed by atoms with E-state index in [0.29, 0.717) is 28.4 Å². The van der Waals surface area contributed by atoms with E-state index in [2.05, 4.69) is 5.43 Å². The fraction of sp³-hybridized carbons (Fsp3) is 0.143. The lowest BCUT2D eigenvalue weighted by molar-refractivity contribution is 0.0547. The Bertz CT molecular complexity index is 1050. The van der Waals surface area contributed by atoms with Gasteiger partial charge in [-0.05, 0) is 42.6 Å². The molecule has 0 saturated heterocycles. The number of aromatic hydroxyl groups is 1. The van der Waals surface area contributed by atoms with E-state index in [4.69, 9.17) is 4.74 Å².